The van der Waals surface area contributed by atoms with Crippen molar-refractivity contribution in [2.75, 3.05) is 0 Å². The van der Waals surface area contributed by atoms with Crippen LogP contribution < -0.4 is 10.0 Å². The average molecular weight is 405 g/mol. The van der Waals surface area contributed by atoms with Crippen molar-refractivity contribution in [3.8, 4) is 0 Å². The third-order valence-electron chi connectivity index (χ3n) is 5.35. The summed E-state index contributed by atoms with van der Waals surface area (Å²) in [6.45, 7) is 2.26. The van der Waals surface area contributed by atoms with Crippen molar-refractivity contribution in [1.29, 1.82) is 0 Å². The summed E-state index contributed by atoms with van der Waals surface area (Å²) in [5.41, 5.74) is 0.478. The zero-order valence-corrected chi connectivity index (χ0v) is 17.0. The van der Waals surface area contributed by atoms with Crippen LogP contribution in [0.4, 0.5) is 0 Å². The third-order valence-corrected chi connectivity index (χ3v) is 6.76. The standard InChI is InChI=1S/C21H28N2O4S/c1-2-3-6-16-7-4-9-20(16)23-21(24)17-10-12-19(13-11-17)28(25,26)22-15-18-8-5-14-27-18/h5,8,10-14,16,20,22H,2-4,6-7,9,15H2,1H3,(H,23,24). The maximum absolute atomic E-state index is 12.6. The lowest BCUT2D eigenvalue weighted by atomic mass is 9.96. The fourth-order valence-corrected chi connectivity index (χ4v) is 4.73. The number of hydrogen-bond donors (Lipinski definition) is 2. The quantitative estimate of drug-likeness (QED) is 0.664. The number of benzene rings is 1. The van der Waals surface area contributed by atoms with Gasteiger partial charge in [-0.1, -0.05) is 26.2 Å². The molecule has 6 nitrogen and oxygen atoms in total. The summed E-state index contributed by atoms with van der Waals surface area (Å²) in [4.78, 5) is 12.7. The minimum Gasteiger partial charge on any atom is -0.468 e. The molecule has 2 unspecified atom stereocenters. The number of nitrogens with one attached hydrogen (secondary N) is 2. The van der Waals surface area contributed by atoms with Crippen LogP contribution in [-0.2, 0) is 16.6 Å². The Labute approximate surface area is 166 Å². The summed E-state index contributed by atoms with van der Waals surface area (Å²) < 4.78 is 32.4. The summed E-state index contributed by atoms with van der Waals surface area (Å²) in [5, 5.41) is 3.14. The minimum absolute atomic E-state index is 0.0817. The molecular weight excluding hydrogens is 376 g/mol. The maximum Gasteiger partial charge on any atom is 0.251 e. The van der Waals surface area contributed by atoms with E-state index in [0.29, 0.717) is 17.2 Å². The van der Waals surface area contributed by atoms with Gasteiger partial charge in [-0.3, -0.25) is 4.79 Å². The van der Waals surface area contributed by atoms with Crippen molar-refractivity contribution in [1.82, 2.24) is 10.0 Å². The monoisotopic (exact) mass is 404 g/mol. The Morgan fingerprint density at radius 3 is 2.64 bits per heavy atom. The molecular formula is C21H28N2O4S. The first-order chi connectivity index (χ1) is 13.5. The maximum atomic E-state index is 12.6. The van der Waals surface area contributed by atoms with Crippen molar-refractivity contribution in [3.63, 3.8) is 0 Å². The Morgan fingerprint density at radius 2 is 1.96 bits per heavy atom. The summed E-state index contributed by atoms with van der Waals surface area (Å²) >= 11 is 0. The normalized spacial score (nSPS) is 19.6. The van der Waals surface area contributed by atoms with Gasteiger partial charge < -0.3 is 9.73 Å². The molecule has 28 heavy (non-hydrogen) atoms. The van der Waals surface area contributed by atoms with E-state index in [9.17, 15) is 13.2 Å². The molecule has 1 saturated carbocycles. The van der Waals surface area contributed by atoms with Crippen LogP contribution in [0, 0.1) is 5.92 Å². The lowest BCUT2D eigenvalue weighted by Crippen LogP contribution is -2.37. The number of hydrogen-bond acceptors (Lipinski definition) is 4. The van der Waals surface area contributed by atoms with E-state index >= 15 is 0 Å². The molecule has 2 N–H and O–H groups in total. The molecule has 1 heterocycles. The molecule has 1 fully saturated rings. The molecule has 0 aliphatic heterocycles. The van der Waals surface area contributed by atoms with E-state index in [-0.39, 0.29) is 23.4 Å². The van der Waals surface area contributed by atoms with Crippen LogP contribution in [0.3, 0.4) is 0 Å². The van der Waals surface area contributed by atoms with E-state index in [1.54, 1.807) is 24.3 Å². The van der Waals surface area contributed by atoms with E-state index in [2.05, 4.69) is 17.0 Å². The van der Waals surface area contributed by atoms with Gasteiger partial charge in [-0.15, -0.1) is 0 Å². The molecule has 152 valence electrons. The van der Waals surface area contributed by atoms with Crippen LogP contribution in [0.25, 0.3) is 0 Å². The Kier molecular flexibility index (Phi) is 6.91. The molecule has 1 aromatic heterocycles. The van der Waals surface area contributed by atoms with Gasteiger partial charge in [-0.2, -0.15) is 0 Å². The molecule has 1 aliphatic rings. The van der Waals surface area contributed by atoms with Crippen molar-refractivity contribution in [2.45, 2.75) is 62.9 Å². The van der Waals surface area contributed by atoms with Crippen LogP contribution in [0.15, 0.2) is 52.0 Å². The van der Waals surface area contributed by atoms with Crippen molar-refractivity contribution in [2.24, 2.45) is 5.92 Å². The largest absolute Gasteiger partial charge is 0.468 e. The molecule has 0 saturated heterocycles. The average Bonchev–Trinajstić information content (AvgIpc) is 3.37. The predicted molar refractivity (Wildman–Crippen MR) is 107 cm³/mol. The van der Waals surface area contributed by atoms with Gasteiger partial charge in [0.15, 0.2) is 0 Å². The van der Waals surface area contributed by atoms with Gasteiger partial charge in [0, 0.05) is 11.6 Å². The highest BCUT2D eigenvalue weighted by Crippen LogP contribution is 2.30. The lowest BCUT2D eigenvalue weighted by molar-refractivity contribution is 0.0926. The Bertz CT molecular complexity index is 860. The number of unbranched alkanes of at least 4 members (excludes halogenated alkanes) is 1. The molecule has 1 aromatic carbocycles. The second-order valence-electron chi connectivity index (χ2n) is 7.34. The number of amides is 1. The first-order valence-corrected chi connectivity index (χ1v) is 11.4. The van der Waals surface area contributed by atoms with E-state index in [4.69, 9.17) is 4.42 Å². The molecule has 0 spiro atoms. The molecule has 0 bridgehead atoms. The second-order valence-corrected chi connectivity index (χ2v) is 9.11. The predicted octanol–water partition coefficient (Wildman–Crippen LogP) is 3.85. The highest BCUT2D eigenvalue weighted by atomic mass is 32.2. The number of rotatable bonds is 9. The summed E-state index contributed by atoms with van der Waals surface area (Å²) in [6, 6.07) is 9.67. The van der Waals surface area contributed by atoms with Gasteiger partial charge in [0.05, 0.1) is 17.7 Å². The van der Waals surface area contributed by atoms with Crippen molar-refractivity contribution in [3.05, 3.63) is 54.0 Å². The smallest absolute Gasteiger partial charge is 0.251 e. The van der Waals surface area contributed by atoms with Crippen LogP contribution in [-0.4, -0.2) is 20.4 Å². The molecule has 3 rings (SSSR count). The number of carbonyl (C=O) groups is 1. The number of carbonyl (C=O) groups excluding carboxylic acids is 1. The number of sulfonamides is 1. The summed E-state index contributed by atoms with van der Waals surface area (Å²) in [5.74, 6) is 0.948. The first-order valence-electron chi connectivity index (χ1n) is 9.92. The molecule has 2 aromatic rings. The first kappa shape index (κ1) is 20.6. The highest BCUT2D eigenvalue weighted by molar-refractivity contribution is 7.89. The molecule has 7 heteroatoms. The zero-order valence-electron chi connectivity index (χ0n) is 16.2. The lowest BCUT2D eigenvalue weighted by Gasteiger charge is -2.21. The Hall–Kier alpha value is -2.12. The van der Waals surface area contributed by atoms with Gasteiger partial charge in [-0.25, -0.2) is 13.1 Å². The highest BCUT2D eigenvalue weighted by Gasteiger charge is 2.28. The fraction of sp³-hybridized carbons (Fsp3) is 0.476. The third kappa shape index (κ3) is 5.23. The molecule has 2 atom stereocenters. The number of furan rings is 1. The fourth-order valence-electron chi connectivity index (χ4n) is 3.74. The van der Waals surface area contributed by atoms with Crippen LogP contribution in [0.1, 0.15) is 61.6 Å². The summed E-state index contributed by atoms with van der Waals surface area (Å²) in [6.07, 6.45) is 8.34. The van der Waals surface area contributed by atoms with Crippen molar-refractivity contribution < 1.29 is 17.6 Å². The SMILES string of the molecule is CCCCC1CCCC1NC(=O)c1ccc(S(=O)(=O)NCc2ccco2)cc1. The molecule has 1 aliphatic carbocycles. The van der Waals surface area contributed by atoms with Gasteiger partial charge in [0.25, 0.3) is 5.91 Å². The van der Waals surface area contributed by atoms with E-state index < -0.39 is 10.0 Å². The topological polar surface area (TPSA) is 88.4 Å². The van der Waals surface area contributed by atoms with Gasteiger partial charge in [-0.05, 0) is 61.6 Å². The van der Waals surface area contributed by atoms with Gasteiger partial charge >= 0.3 is 0 Å². The van der Waals surface area contributed by atoms with Gasteiger partial charge in [0.2, 0.25) is 10.0 Å². The van der Waals surface area contributed by atoms with E-state index in [1.807, 2.05) is 0 Å². The van der Waals surface area contributed by atoms with Crippen LogP contribution >= 0.6 is 0 Å². The molecule has 1 amide bonds. The van der Waals surface area contributed by atoms with Gasteiger partial charge in [0.1, 0.15) is 5.76 Å². The van der Waals surface area contributed by atoms with Crippen LogP contribution in [0.5, 0.6) is 0 Å². The molecule has 0 radical (unpaired) electrons. The Balaban J connectivity index is 1.59. The van der Waals surface area contributed by atoms with E-state index in [0.717, 1.165) is 19.3 Å². The Morgan fingerprint density at radius 1 is 1.18 bits per heavy atom. The summed E-state index contributed by atoms with van der Waals surface area (Å²) in [7, 11) is -3.66. The van der Waals surface area contributed by atoms with Crippen molar-refractivity contribution >= 4 is 15.9 Å². The second kappa shape index (κ2) is 9.39. The van der Waals surface area contributed by atoms with E-state index in [1.165, 1.54) is 37.7 Å². The zero-order chi connectivity index (χ0) is 20.0. The van der Waals surface area contributed by atoms with Crippen LogP contribution in [0.2, 0.25) is 0 Å². The minimum atomic E-state index is -3.66.